The van der Waals surface area contributed by atoms with E-state index in [1.54, 1.807) is 0 Å². The van der Waals surface area contributed by atoms with Crippen LogP contribution in [0.4, 0.5) is 68.2 Å². The summed E-state index contributed by atoms with van der Waals surface area (Å²) in [5.41, 5.74) is 28.4. The first-order valence-corrected chi connectivity index (χ1v) is 48.1. The highest BCUT2D eigenvalue weighted by Gasteiger charge is 2.38. The van der Waals surface area contributed by atoms with Gasteiger partial charge in [-0.15, -0.1) is 0 Å². The smallest absolute Gasteiger partial charge is 0.132 e. The molecule has 133 heavy (non-hydrogen) atoms. The number of aryl methyl sites for hydroxylation is 1. The number of para-hydroxylation sites is 7. The standard InChI is InChI=1S/C64H50N2Si.C63H45N3/c1-44-31-33-47(34-32-44)65(45-19-8-4-9-20-45)49-37-40-54-59-42-57-53-27-16-17-28-55(53)62(43-58(57)56-29-18-30-60(63(56)59)64(2,3)61(54)41-49)66(46-21-10-5-11-22-46)48-35-38-52(39-36-48)67(50-23-12-6-13-24-50)51-25-14-7-15-26-51;1-63(2)57-32-19-31-52-54-41-61(65(43-22-9-4-10-23-43)44-24-11-5-12-25-44)50-29-16-15-28-48(50)53(54)40-56(62(52)57)49-36-34-47(39-58(49)63)64(42-20-7-3-8-21-42)46-35-37-60-55(38-46)51-30-17-18-33-59(51)66(60)45-26-13-6-14-27-45/h4-43,67H,1-3H3;3-41H,1-2H3. The third-order valence-corrected chi connectivity index (χ3v) is 31.4. The lowest BCUT2D eigenvalue weighted by molar-refractivity contribution is 0.645. The first kappa shape index (κ1) is 80.0. The molecule has 1 heterocycles. The summed E-state index contributed by atoms with van der Waals surface area (Å²) < 4.78 is 2.39. The molecule has 0 spiro atoms. The van der Waals surface area contributed by atoms with Gasteiger partial charge in [-0.05, 0) is 275 Å². The molecule has 2 aliphatic rings. The van der Waals surface area contributed by atoms with Crippen LogP contribution < -0.4 is 35.2 Å². The van der Waals surface area contributed by atoms with E-state index in [4.69, 9.17) is 0 Å². The van der Waals surface area contributed by atoms with Crippen molar-refractivity contribution >= 4 is 179 Å². The molecule has 1 aromatic heterocycles. The Morgan fingerprint density at radius 2 is 0.504 bits per heavy atom. The minimum absolute atomic E-state index is 0.265. The lowest BCUT2D eigenvalue weighted by Gasteiger charge is -2.37. The van der Waals surface area contributed by atoms with E-state index in [1.807, 2.05) is 0 Å². The molecule has 0 N–H and O–H groups in total. The van der Waals surface area contributed by atoms with Gasteiger partial charge in [0, 0.05) is 94.9 Å². The molecule has 0 aliphatic heterocycles. The summed E-state index contributed by atoms with van der Waals surface area (Å²) in [6, 6.07) is 177. The maximum atomic E-state index is 2.50. The predicted octanol–water partition coefficient (Wildman–Crippen LogP) is 32.4. The molecule has 0 amide bonds. The van der Waals surface area contributed by atoms with Crippen LogP contribution in [0.5, 0.6) is 0 Å². The van der Waals surface area contributed by atoms with Crippen molar-refractivity contribution in [2.75, 3.05) is 19.6 Å². The van der Waals surface area contributed by atoms with Crippen LogP contribution in [-0.2, 0) is 10.8 Å². The van der Waals surface area contributed by atoms with E-state index < -0.39 is 8.80 Å². The Bertz CT molecular complexity index is 8340. The largest absolute Gasteiger partial charge is 0.310 e. The molecule has 25 rings (SSSR count). The van der Waals surface area contributed by atoms with Crippen molar-refractivity contribution in [1.82, 2.24) is 4.57 Å². The van der Waals surface area contributed by atoms with Crippen LogP contribution >= 0.6 is 0 Å². The predicted molar refractivity (Wildman–Crippen MR) is 570 cm³/mol. The maximum Gasteiger partial charge on any atom is 0.132 e. The Morgan fingerprint density at radius 1 is 0.195 bits per heavy atom. The SMILES string of the molecule is CC1(C)c2cc(N(c3ccccc3)c3ccc4c(c3)c3ccccc3n4-c3ccccc3)ccc2-c2cc3c4ccccc4c(N(c4ccccc4)c4ccccc4)cc3c3cccc1c23.Cc1ccc(N(c2ccccc2)c2ccc3c(c2)C(C)(C)c2cccc4c2c-3cc2c3ccccc3c(N(c3ccccc3)c3ccc([SiH](c5ccccc5)c5ccccc5)cc3)cc42)cc1. The number of hydrogen-bond acceptors (Lipinski definition) is 4. The molecule has 0 fully saturated rings. The van der Waals surface area contributed by atoms with E-state index in [-0.39, 0.29) is 10.8 Å². The number of nitrogens with zero attached hydrogens (tertiary/aromatic N) is 5. The second-order valence-corrected chi connectivity index (χ2v) is 39.5. The molecule has 632 valence electrons. The third kappa shape index (κ3) is 13.6. The Morgan fingerprint density at radius 3 is 0.947 bits per heavy atom. The van der Waals surface area contributed by atoms with Crippen LogP contribution in [-0.4, -0.2) is 13.4 Å². The van der Waals surface area contributed by atoms with Gasteiger partial charge < -0.3 is 24.2 Å². The minimum Gasteiger partial charge on any atom is -0.310 e. The number of benzene rings is 22. The van der Waals surface area contributed by atoms with E-state index in [2.05, 4.69) is 538 Å². The van der Waals surface area contributed by atoms with E-state index in [9.17, 15) is 0 Å². The van der Waals surface area contributed by atoms with Crippen molar-refractivity contribution < 1.29 is 0 Å². The Labute approximate surface area is 778 Å². The second-order valence-electron chi connectivity index (χ2n) is 36.7. The summed E-state index contributed by atoms with van der Waals surface area (Å²) in [7, 11) is -1.71. The van der Waals surface area contributed by atoms with Gasteiger partial charge >= 0.3 is 0 Å². The van der Waals surface area contributed by atoms with Crippen LogP contribution in [0.1, 0.15) is 55.5 Å². The molecule has 6 heteroatoms. The topological polar surface area (TPSA) is 17.9 Å². The van der Waals surface area contributed by atoms with Gasteiger partial charge in [0.15, 0.2) is 0 Å². The first-order valence-electron chi connectivity index (χ1n) is 46.4. The van der Waals surface area contributed by atoms with E-state index >= 15 is 0 Å². The molecule has 0 saturated carbocycles. The molecule has 0 radical (unpaired) electrons. The summed E-state index contributed by atoms with van der Waals surface area (Å²) in [6.45, 7) is 11.8. The van der Waals surface area contributed by atoms with Gasteiger partial charge in [-0.25, -0.2) is 0 Å². The number of anilines is 12. The van der Waals surface area contributed by atoms with Crippen LogP contribution in [0.2, 0.25) is 0 Å². The fourth-order valence-electron chi connectivity index (χ4n) is 22.0. The molecular weight excluding hydrogens is 1620 g/mol. The van der Waals surface area contributed by atoms with E-state index in [0.29, 0.717) is 0 Å². The Balaban J connectivity index is 0.000000146. The normalized spacial score (nSPS) is 12.7. The monoisotopic (exact) mass is 1720 g/mol. The third-order valence-electron chi connectivity index (χ3n) is 28.3. The van der Waals surface area contributed by atoms with Crippen LogP contribution in [0.25, 0.3) is 114 Å². The first-order chi connectivity index (χ1) is 65.4. The second kappa shape index (κ2) is 32.7. The van der Waals surface area contributed by atoms with Crippen molar-refractivity contribution in [2.24, 2.45) is 0 Å². The summed E-state index contributed by atoms with van der Waals surface area (Å²) in [5, 5.41) is 21.9. The van der Waals surface area contributed by atoms with Crippen LogP contribution in [0.3, 0.4) is 0 Å². The molecule has 0 unspecified atom stereocenters. The average molecular weight is 1720 g/mol. The highest BCUT2D eigenvalue weighted by Crippen LogP contribution is 2.57. The zero-order valence-corrected chi connectivity index (χ0v) is 76.1. The Kier molecular flexibility index (Phi) is 19.6. The average Bonchev–Trinajstić information content (AvgIpc) is 1.19. The van der Waals surface area contributed by atoms with Crippen LogP contribution in [0.15, 0.2) is 479 Å². The van der Waals surface area contributed by atoms with E-state index in [1.165, 1.54) is 163 Å². The van der Waals surface area contributed by atoms with E-state index in [0.717, 1.165) is 62.6 Å². The van der Waals surface area contributed by atoms with Crippen LogP contribution in [0, 0.1) is 6.92 Å². The zero-order chi connectivity index (χ0) is 89.0. The van der Waals surface area contributed by atoms with Gasteiger partial charge in [0.2, 0.25) is 0 Å². The molecular formula is C127H95N5Si. The lowest BCUT2D eigenvalue weighted by atomic mass is 9.68. The molecule has 2 aliphatic carbocycles. The zero-order valence-electron chi connectivity index (χ0n) is 74.9. The lowest BCUT2D eigenvalue weighted by Crippen LogP contribution is -2.51. The number of rotatable bonds is 16. The van der Waals surface area contributed by atoms with Gasteiger partial charge in [0.25, 0.3) is 0 Å². The molecule has 0 saturated heterocycles. The van der Waals surface area contributed by atoms with Crippen molar-refractivity contribution in [2.45, 2.75) is 45.4 Å². The fourth-order valence-corrected chi connectivity index (χ4v) is 25.0. The maximum absolute atomic E-state index is 2.50. The summed E-state index contributed by atoms with van der Waals surface area (Å²) in [6.07, 6.45) is 0. The number of fused-ring (bicyclic) bond motifs is 15. The van der Waals surface area contributed by atoms with Gasteiger partial charge in [-0.2, -0.15) is 0 Å². The quantitative estimate of drug-likeness (QED) is 0.0545. The molecule has 22 aromatic carbocycles. The number of hydrogen-bond donors (Lipinski definition) is 0. The molecule has 0 bridgehead atoms. The summed E-state index contributed by atoms with van der Waals surface area (Å²) in [4.78, 5) is 9.70. The van der Waals surface area contributed by atoms with Crippen molar-refractivity contribution in [1.29, 1.82) is 0 Å². The van der Waals surface area contributed by atoms with Gasteiger partial charge in [0.05, 0.1) is 22.4 Å². The molecule has 0 atom stereocenters. The highest BCUT2D eigenvalue weighted by atomic mass is 28.3. The van der Waals surface area contributed by atoms with Crippen molar-refractivity contribution in [3.05, 3.63) is 507 Å². The number of aromatic nitrogens is 1. The summed E-state index contributed by atoms with van der Waals surface area (Å²) in [5.74, 6) is 0. The van der Waals surface area contributed by atoms with Gasteiger partial charge in [-0.3, -0.25) is 0 Å². The van der Waals surface area contributed by atoms with Gasteiger partial charge in [-0.1, -0.05) is 358 Å². The van der Waals surface area contributed by atoms with Crippen molar-refractivity contribution in [3.8, 4) is 27.9 Å². The highest BCUT2D eigenvalue weighted by molar-refractivity contribution is 6.95. The minimum atomic E-state index is -1.71. The fraction of sp³-hybridized carbons (Fsp3) is 0.0551. The van der Waals surface area contributed by atoms with Gasteiger partial charge in [0.1, 0.15) is 8.80 Å². The summed E-state index contributed by atoms with van der Waals surface area (Å²) >= 11 is 0. The molecule has 5 nitrogen and oxygen atoms in total. The van der Waals surface area contributed by atoms with Crippen molar-refractivity contribution in [3.63, 3.8) is 0 Å². The molecule has 23 aromatic rings. The Hall–Kier alpha value is -16.4.